The van der Waals surface area contributed by atoms with Gasteiger partial charge in [0, 0.05) is 56.6 Å². The Bertz CT molecular complexity index is 579. The minimum absolute atomic E-state index is 0. The molecule has 1 aliphatic carbocycles. The van der Waals surface area contributed by atoms with E-state index in [0.29, 0.717) is 13.2 Å². The predicted molar refractivity (Wildman–Crippen MR) is 105 cm³/mol. The van der Waals surface area contributed by atoms with E-state index in [0.717, 1.165) is 5.56 Å². The van der Waals surface area contributed by atoms with E-state index in [1.807, 2.05) is 76.3 Å². The van der Waals surface area contributed by atoms with Crippen molar-refractivity contribution >= 4 is 0 Å². The molecular formula is C24H21CoMoO8. The zero-order valence-electron chi connectivity index (χ0n) is 18.3. The first-order chi connectivity index (χ1) is 15.9. The van der Waals surface area contributed by atoms with Crippen LogP contribution in [0.5, 0.6) is 0 Å². The molecule has 1 aliphatic rings. The molecule has 0 heterocycles. The third kappa shape index (κ3) is 52.3. The monoisotopic (exact) mass is 594 g/mol. The van der Waals surface area contributed by atoms with Crippen LogP contribution >= 0.6 is 0 Å². The summed E-state index contributed by atoms with van der Waals surface area (Å²) in [7, 11) is 0. The van der Waals surface area contributed by atoms with Gasteiger partial charge in [-0.25, -0.2) is 0 Å². The Morgan fingerprint density at radius 2 is 0.941 bits per heavy atom. The maximum atomic E-state index is 7.50. The third-order valence-corrected chi connectivity index (χ3v) is 2.30. The van der Waals surface area contributed by atoms with Gasteiger partial charge in [0.2, 0.25) is 6.29 Å². The van der Waals surface area contributed by atoms with Gasteiger partial charge in [0.25, 0.3) is 0 Å². The van der Waals surface area contributed by atoms with E-state index in [-0.39, 0.29) is 37.8 Å². The fourth-order valence-electron chi connectivity index (χ4n) is 1.42. The summed E-state index contributed by atoms with van der Waals surface area (Å²) < 4.78 is 55.6. The second kappa shape index (κ2) is 69.7. The summed E-state index contributed by atoms with van der Waals surface area (Å²) >= 11 is 0. The van der Waals surface area contributed by atoms with Crippen molar-refractivity contribution in [1.29, 1.82) is 0 Å². The number of ether oxygens (including phenoxy) is 2. The Balaban J connectivity index is -0.0000000498. The minimum atomic E-state index is -0.416. The molecule has 0 aromatic heterocycles. The van der Waals surface area contributed by atoms with Crippen LogP contribution in [0.2, 0.25) is 0 Å². The van der Waals surface area contributed by atoms with E-state index >= 15 is 0 Å². The van der Waals surface area contributed by atoms with Crippen molar-refractivity contribution in [1.82, 2.24) is 0 Å². The van der Waals surface area contributed by atoms with Crippen LogP contribution in [-0.4, -0.2) is 19.5 Å². The van der Waals surface area contributed by atoms with Crippen LogP contribution in [0.1, 0.15) is 19.4 Å². The van der Waals surface area contributed by atoms with Gasteiger partial charge in [-0.15, -0.1) is 0 Å². The molecular weight excluding hydrogens is 571 g/mol. The van der Waals surface area contributed by atoms with Crippen molar-refractivity contribution in [3.8, 4) is 11.8 Å². The minimum Gasteiger partial charge on any atom is -0.0312 e. The number of hydrogen-bond acceptors (Lipinski definition) is 2. The smallest absolute Gasteiger partial charge is 0 e. The van der Waals surface area contributed by atoms with Crippen LogP contribution < -0.4 is 0 Å². The van der Waals surface area contributed by atoms with Gasteiger partial charge in [0.15, 0.2) is 0 Å². The predicted octanol–water partition coefficient (Wildman–Crippen LogP) is 3.23. The molecule has 34 heavy (non-hydrogen) atoms. The van der Waals surface area contributed by atoms with Gasteiger partial charge in [-0.05, 0) is 64.0 Å². The largest absolute Gasteiger partial charge is 0.0312 e. The van der Waals surface area contributed by atoms with Crippen molar-refractivity contribution in [3.05, 3.63) is 108 Å². The molecule has 180 valence electrons. The van der Waals surface area contributed by atoms with Gasteiger partial charge in [0.05, 0.1) is 0 Å². The Kier molecular flexibility index (Phi) is 110. The zero-order chi connectivity index (χ0) is 26.5. The first-order valence-corrected chi connectivity index (χ1v) is 8.05. The van der Waals surface area contributed by atoms with Crippen molar-refractivity contribution < 1.29 is 75.2 Å². The van der Waals surface area contributed by atoms with E-state index in [1.165, 1.54) is 0 Å². The summed E-state index contributed by atoms with van der Waals surface area (Å²) in [5, 5.41) is 0. The molecule has 1 aromatic rings. The van der Waals surface area contributed by atoms with Gasteiger partial charge in [-0.2, -0.15) is 0 Å². The topological polar surface area (TPSA) is 138 Å². The third-order valence-electron chi connectivity index (χ3n) is 2.30. The van der Waals surface area contributed by atoms with Gasteiger partial charge >= 0.3 is 67.8 Å². The standard InChI is InChI=1S/C13H16O2.C5H5.6CO.Co.Mo/c1-3-14-13(15-4-2)11-10-12-8-6-5-7-9-12;1-2-4-5-3-1;6*1-2;;/h5-9,13H,3-4H2,1-2H3;1-5H;;;;;;;;. The fourth-order valence-corrected chi connectivity index (χ4v) is 1.42. The molecule has 1 fully saturated rings. The molecule has 0 spiro atoms. The fraction of sp³-hybridized carbons (Fsp3) is 0.208. The average molecular weight is 592 g/mol. The molecule has 0 bridgehead atoms. The molecule has 0 atom stereocenters. The van der Waals surface area contributed by atoms with Crippen molar-refractivity contribution in [2.24, 2.45) is 0 Å². The Hall–Kier alpha value is -1.67. The van der Waals surface area contributed by atoms with Crippen molar-refractivity contribution in [2.45, 2.75) is 20.1 Å². The summed E-state index contributed by atoms with van der Waals surface area (Å²) in [5.41, 5.74) is 0.974. The molecule has 2 rings (SSSR count). The zero-order valence-corrected chi connectivity index (χ0v) is 21.3. The van der Waals surface area contributed by atoms with Gasteiger partial charge < -0.3 is 9.47 Å². The number of rotatable bonds is 4. The summed E-state index contributed by atoms with van der Waals surface area (Å²) in [6, 6.07) is 9.80. The van der Waals surface area contributed by atoms with Crippen LogP contribution in [0.15, 0.2) is 30.3 Å². The van der Waals surface area contributed by atoms with E-state index in [9.17, 15) is 0 Å². The molecule has 0 amide bonds. The summed E-state index contributed by atoms with van der Waals surface area (Å²) in [6.45, 7) is 32.1. The molecule has 0 aliphatic heterocycles. The molecule has 8 nitrogen and oxygen atoms in total. The maximum Gasteiger partial charge on any atom is 0 e. The Labute approximate surface area is 227 Å². The molecule has 10 heteroatoms. The van der Waals surface area contributed by atoms with Crippen LogP contribution in [-0.2, 0) is 75.2 Å². The van der Waals surface area contributed by atoms with E-state index in [1.54, 1.807) is 0 Å². The van der Waals surface area contributed by atoms with Gasteiger partial charge in [-0.1, -0.05) is 24.1 Å². The van der Waals surface area contributed by atoms with Crippen LogP contribution in [0.4, 0.5) is 0 Å². The Morgan fingerprint density at radius 3 is 1.21 bits per heavy atom. The van der Waals surface area contributed by atoms with E-state index in [2.05, 4.69) is 51.7 Å². The number of hydrogen-bond donors (Lipinski definition) is 0. The first kappa shape index (κ1) is 53.6. The SMILES string of the molecule is CCOC(C#Cc1ccccc1)OCC.[C-]#[O+].[C-]#[O+].[C-]#[O+].[C-]#[O+].[C-]#[O+].[C-]#[O+].[CH]1[CH][CH][CH][CH]1.[Co].[Mo]. The van der Waals surface area contributed by atoms with Crippen molar-refractivity contribution in [3.63, 3.8) is 0 Å². The molecule has 1 saturated carbocycles. The Morgan fingerprint density at radius 1 is 0.647 bits per heavy atom. The summed E-state index contributed by atoms with van der Waals surface area (Å²) in [6.07, 6.45) is 9.58. The van der Waals surface area contributed by atoms with Gasteiger partial charge in [0.1, 0.15) is 0 Å². The van der Waals surface area contributed by atoms with Crippen molar-refractivity contribution in [2.75, 3.05) is 13.2 Å². The molecule has 0 saturated heterocycles. The van der Waals surface area contributed by atoms with Gasteiger partial charge in [-0.3, -0.25) is 0 Å². The maximum absolute atomic E-state index is 7.50. The first-order valence-electron chi connectivity index (χ1n) is 8.05. The van der Waals surface area contributed by atoms with Crippen LogP contribution in [0.3, 0.4) is 0 Å². The second-order valence-electron chi connectivity index (χ2n) is 3.84. The summed E-state index contributed by atoms with van der Waals surface area (Å²) in [5.74, 6) is 5.96. The van der Waals surface area contributed by atoms with E-state index in [4.69, 9.17) is 37.4 Å². The average Bonchev–Trinajstić information content (AvgIpc) is 3.51. The molecule has 0 unspecified atom stereocenters. The second-order valence-corrected chi connectivity index (χ2v) is 3.84. The normalized spacial score (nSPS) is 8.21. The number of benzene rings is 1. The molecule has 1 aromatic carbocycles. The molecule has 6 radical (unpaired) electrons. The molecule has 0 N–H and O–H groups in total. The summed E-state index contributed by atoms with van der Waals surface area (Å²) in [4.78, 5) is 0. The van der Waals surface area contributed by atoms with Crippen LogP contribution in [0.25, 0.3) is 0 Å². The van der Waals surface area contributed by atoms with E-state index < -0.39 is 6.29 Å². The van der Waals surface area contributed by atoms with Crippen LogP contribution in [0, 0.1) is 83.8 Å². The quantitative estimate of drug-likeness (QED) is 0.174.